The molecule has 2 N–H and O–H groups in total. The van der Waals surface area contributed by atoms with Crippen molar-refractivity contribution in [1.29, 1.82) is 0 Å². The molecule has 5 heteroatoms. The molecule has 0 aliphatic heterocycles. The number of fused-ring (bicyclic) bond motifs is 1. The average molecular weight is 354 g/mol. The van der Waals surface area contributed by atoms with Gasteiger partial charge >= 0.3 is 5.97 Å². The number of aliphatic carboxylic acids is 1. The van der Waals surface area contributed by atoms with Crippen LogP contribution in [0, 0.1) is 0 Å². The SMILES string of the molecule is CC(N[C@H](Cc1ccccc1)C(=O)O)C(C)c1nc2ccccc2s1. The molecule has 1 aromatic heterocycles. The largest absolute Gasteiger partial charge is 0.480 e. The van der Waals surface area contributed by atoms with Crippen molar-refractivity contribution in [2.45, 2.75) is 38.3 Å². The lowest BCUT2D eigenvalue weighted by Gasteiger charge is -2.24. The van der Waals surface area contributed by atoms with E-state index in [0.717, 1.165) is 20.8 Å². The van der Waals surface area contributed by atoms with Crippen molar-refractivity contribution in [3.8, 4) is 0 Å². The van der Waals surface area contributed by atoms with Crippen molar-refractivity contribution in [3.63, 3.8) is 0 Å². The van der Waals surface area contributed by atoms with Crippen LogP contribution in [0.15, 0.2) is 54.6 Å². The molecule has 0 fully saturated rings. The molecule has 0 aliphatic rings. The zero-order chi connectivity index (χ0) is 17.8. The van der Waals surface area contributed by atoms with Crippen LogP contribution >= 0.6 is 11.3 Å². The lowest BCUT2D eigenvalue weighted by molar-refractivity contribution is -0.139. The lowest BCUT2D eigenvalue weighted by Crippen LogP contribution is -2.45. The molecule has 4 nitrogen and oxygen atoms in total. The van der Waals surface area contributed by atoms with Gasteiger partial charge in [-0.3, -0.25) is 4.79 Å². The van der Waals surface area contributed by atoms with E-state index in [4.69, 9.17) is 4.98 Å². The van der Waals surface area contributed by atoms with E-state index in [1.807, 2.05) is 55.5 Å². The average Bonchev–Trinajstić information content (AvgIpc) is 3.05. The van der Waals surface area contributed by atoms with Crippen molar-refractivity contribution in [2.24, 2.45) is 0 Å². The Morgan fingerprint density at radius 1 is 1.12 bits per heavy atom. The number of carboxylic acids is 1. The quantitative estimate of drug-likeness (QED) is 0.671. The number of carboxylic acid groups (broad SMARTS) is 1. The molecule has 2 unspecified atom stereocenters. The summed E-state index contributed by atoms with van der Waals surface area (Å²) < 4.78 is 1.16. The molecule has 3 atom stereocenters. The maximum Gasteiger partial charge on any atom is 0.321 e. The minimum Gasteiger partial charge on any atom is -0.480 e. The summed E-state index contributed by atoms with van der Waals surface area (Å²) in [6, 6.07) is 17.2. The van der Waals surface area contributed by atoms with Gasteiger partial charge in [-0.15, -0.1) is 11.3 Å². The molecule has 130 valence electrons. The van der Waals surface area contributed by atoms with E-state index in [0.29, 0.717) is 6.42 Å². The molecule has 0 radical (unpaired) electrons. The van der Waals surface area contributed by atoms with E-state index >= 15 is 0 Å². The first-order chi connectivity index (χ1) is 12.0. The maximum absolute atomic E-state index is 11.7. The number of nitrogens with one attached hydrogen (secondary N) is 1. The first kappa shape index (κ1) is 17.6. The van der Waals surface area contributed by atoms with Gasteiger partial charge in [0.2, 0.25) is 0 Å². The Kier molecular flexibility index (Phi) is 5.46. The van der Waals surface area contributed by atoms with Crippen LogP contribution in [0.4, 0.5) is 0 Å². The van der Waals surface area contributed by atoms with E-state index < -0.39 is 12.0 Å². The van der Waals surface area contributed by atoms with Gasteiger partial charge in [-0.1, -0.05) is 49.4 Å². The predicted molar refractivity (Wildman–Crippen MR) is 102 cm³/mol. The topological polar surface area (TPSA) is 62.2 Å². The standard InChI is InChI=1S/C20H22N2O2S/c1-13(19-22-16-10-6-7-11-18(16)25-19)14(2)21-17(20(23)24)12-15-8-4-3-5-9-15/h3-11,13-14,17,21H,12H2,1-2H3,(H,23,24)/t13?,14?,17-/m1/s1. The molecule has 3 rings (SSSR count). The van der Waals surface area contributed by atoms with Gasteiger partial charge in [0.05, 0.1) is 15.2 Å². The molecule has 0 amide bonds. The molecule has 0 saturated heterocycles. The second-order valence-corrected chi connectivity index (χ2v) is 7.41. The van der Waals surface area contributed by atoms with Gasteiger partial charge in [0.1, 0.15) is 6.04 Å². The molecule has 0 saturated carbocycles. The lowest BCUT2D eigenvalue weighted by atomic mass is 10.0. The molecule has 3 aromatic rings. The number of carbonyl (C=O) groups is 1. The van der Waals surface area contributed by atoms with Crippen LogP contribution in [0.25, 0.3) is 10.2 Å². The van der Waals surface area contributed by atoms with Gasteiger partial charge < -0.3 is 10.4 Å². The zero-order valence-corrected chi connectivity index (χ0v) is 15.2. The van der Waals surface area contributed by atoms with Crippen LogP contribution in [0.3, 0.4) is 0 Å². The van der Waals surface area contributed by atoms with Gasteiger partial charge in [0, 0.05) is 12.0 Å². The zero-order valence-electron chi connectivity index (χ0n) is 14.3. The number of thiazole rings is 1. The molecule has 1 heterocycles. The van der Waals surface area contributed by atoms with Crippen LogP contribution in [-0.2, 0) is 11.2 Å². The molecule has 0 bridgehead atoms. The Balaban J connectivity index is 1.71. The van der Waals surface area contributed by atoms with Gasteiger partial charge in [0.25, 0.3) is 0 Å². The van der Waals surface area contributed by atoms with Crippen LogP contribution in [-0.4, -0.2) is 28.1 Å². The first-order valence-corrected chi connectivity index (χ1v) is 9.24. The van der Waals surface area contributed by atoms with E-state index in [2.05, 4.69) is 18.3 Å². The van der Waals surface area contributed by atoms with Crippen LogP contribution in [0.1, 0.15) is 30.3 Å². The number of benzene rings is 2. The third kappa shape index (κ3) is 4.24. The van der Waals surface area contributed by atoms with E-state index in [9.17, 15) is 9.90 Å². The van der Waals surface area contributed by atoms with Gasteiger partial charge in [-0.2, -0.15) is 0 Å². The fourth-order valence-corrected chi connectivity index (χ4v) is 3.95. The predicted octanol–water partition coefficient (Wildman–Crippen LogP) is 4.07. The van der Waals surface area contributed by atoms with E-state index in [-0.39, 0.29) is 12.0 Å². The minimum atomic E-state index is -0.827. The highest BCUT2D eigenvalue weighted by molar-refractivity contribution is 7.18. The van der Waals surface area contributed by atoms with Crippen LogP contribution < -0.4 is 5.32 Å². The highest BCUT2D eigenvalue weighted by atomic mass is 32.1. The van der Waals surface area contributed by atoms with Crippen molar-refractivity contribution in [2.75, 3.05) is 0 Å². The molecule has 0 spiro atoms. The summed E-state index contributed by atoms with van der Waals surface area (Å²) in [5.74, 6) is -0.692. The fourth-order valence-electron chi connectivity index (χ4n) is 2.83. The highest BCUT2D eigenvalue weighted by Gasteiger charge is 2.25. The summed E-state index contributed by atoms with van der Waals surface area (Å²) in [6.45, 7) is 4.12. The Morgan fingerprint density at radius 2 is 1.80 bits per heavy atom. The minimum absolute atomic E-state index is 0.00498. The second-order valence-electron chi connectivity index (χ2n) is 6.34. The maximum atomic E-state index is 11.7. The monoisotopic (exact) mass is 354 g/mol. The molecular formula is C20H22N2O2S. The number of aromatic nitrogens is 1. The number of hydrogen-bond acceptors (Lipinski definition) is 4. The van der Waals surface area contributed by atoms with Crippen molar-refractivity contribution >= 4 is 27.5 Å². The summed E-state index contributed by atoms with van der Waals surface area (Å²) in [5, 5.41) is 13.9. The Bertz CT molecular complexity index is 814. The van der Waals surface area contributed by atoms with Crippen LogP contribution in [0.5, 0.6) is 0 Å². The number of rotatable bonds is 7. The number of nitrogens with zero attached hydrogens (tertiary/aromatic N) is 1. The Labute approximate surface area is 151 Å². The third-order valence-corrected chi connectivity index (χ3v) is 5.73. The normalized spacial score (nSPS) is 15.0. The first-order valence-electron chi connectivity index (χ1n) is 8.43. The molecule has 2 aromatic carbocycles. The van der Waals surface area contributed by atoms with Gasteiger partial charge in [0.15, 0.2) is 0 Å². The summed E-state index contributed by atoms with van der Waals surface area (Å²) in [7, 11) is 0. The summed E-state index contributed by atoms with van der Waals surface area (Å²) in [6.07, 6.45) is 0.465. The highest BCUT2D eigenvalue weighted by Crippen LogP contribution is 2.29. The summed E-state index contributed by atoms with van der Waals surface area (Å²) >= 11 is 1.67. The third-order valence-electron chi connectivity index (χ3n) is 4.49. The summed E-state index contributed by atoms with van der Waals surface area (Å²) in [4.78, 5) is 16.4. The number of hydrogen-bond donors (Lipinski definition) is 2. The molecule has 25 heavy (non-hydrogen) atoms. The van der Waals surface area contributed by atoms with Crippen molar-refractivity contribution < 1.29 is 9.90 Å². The smallest absolute Gasteiger partial charge is 0.321 e. The Hall–Kier alpha value is -2.24. The van der Waals surface area contributed by atoms with E-state index in [1.165, 1.54) is 0 Å². The molecular weight excluding hydrogens is 332 g/mol. The van der Waals surface area contributed by atoms with Gasteiger partial charge in [-0.05, 0) is 31.0 Å². The fraction of sp³-hybridized carbons (Fsp3) is 0.300. The van der Waals surface area contributed by atoms with Gasteiger partial charge in [-0.25, -0.2) is 4.98 Å². The van der Waals surface area contributed by atoms with E-state index in [1.54, 1.807) is 11.3 Å². The summed E-state index contributed by atoms with van der Waals surface area (Å²) in [5.41, 5.74) is 2.02. The van der Waals surface area contributed by atoms with Crippen molar-refractivity contribution in [1.82, 2.24) is 10.3 Å². The number of para-hydroxylation sites is 1. The van der Waals surface area contributed by atoms with Crippen molar-refractivity contribution in [3.05, 3.63) is 65.2 Å². The Morgan fingerprint density at radius 3 is 2.48 bits per heavy atom. The second kappa shape index (κ2) is 7.76. The van der Waals surface area contributed by atoms with Crippen LogP contribution in [0.2, 0.25) is 0 Å². The molecule has 0 aliphatic carbocycles.